The largest absolute Gasteiger partial charge is 1.00 e. The van der Waals surface area contributed by atoms with E-state index in [1.807, 2.05) is 0 Å². The van der Waals surface area contributed by atoms with Crippen LogP contribution in [0.15, 0.2) is 5.16 Å². The molecule has 0 aromatic carbocycles. The minimum absolute atomic E-state index is 0. The second-order valence-electron chi connectivity index (χ2n) is 5.52. The van der Waals surface area contributed by atoms with Crippen LogP contribution in [0.5, 0.6) is 0 Å². The molecule has 0 spiro atoms. The Labute approximate surface area is 203 Å². The first-order chi connectivity index (χ1) is 11.8. The van der Waals surface area contributed by atoms with Crippen molar-refractivity contribution in [2.45, 2.75) is 42.7 Å². The molecule has 0 saturated carbocycles. The summed E-state index contributed by atoms with van der Waals surface area (Å²) < 4.78 is 62.9. The van der Waals surface area contributed by atoms with Crippen molar-refractivity contribution in [3.63, 3.8) is 0 Å². The summed E-state index contributed by atoms with van der Waals surface area (Å²) in [5.41, 5.74) is -1.29. The maximum atomic E-state index is 11.2. The van der Waals surface area contributed by atoms with Crippen LogP contribution in [0.4, 0.5) is 0 Å². The van der Waals surface area contributed by atoms with E-state index in [0.717, 1.165) is 6.26 Å². The Balaban J connectivity index is 0.00000676. The molecule has 1 aliphatic rings. The Hall–Kier alpha value is 1.12. The Morgan fingerprint density at radius 1 is 1.19 bits per heavy atom. The first-order valence-corrected chi connectivity index (χ1v) is 11.5. The summed E-state index contributed by atoms with van der Waals surface area (Å²) in [6.07, 6.45) is -5.23. The summed E-state index contributed by atoms with van der Waals surface area (Å²) >= 11 is 0.562. The Morgan fingerprint density at radius 3 is 2.26 bits per heavy atom. The van der Waals surface area contributed by atoms with Crippen LogP contribution in [0.3, 0.4) is 0 Å². The molecule has 1 fully saturated rings. The number of oxime groups is 1. The van der Waals surface area contributed by atoms with E-state index in [1.54, 1.807) is 0 Å². The summed E-state index contributed by atoms with van der Waals surface area (Å²) in [5, 5.41) is 41.4. The van der Waals surface area contributed by atoms with E-state index < -0.39 is 56.7 Å². The zero-order valence-electron chi connectivity index (χ0n) is 14.5. The summed E-state index contributed by atoms with van der Waals surface area (Å²) in [6.45, 7) is -0.673. The molecule has 154 valence electrons. The fraction of sp³-hybridized carbons (Fsp3) is 0.909. The average molecular weight is 478 g/mol. The normalized spacial score (nSPS) is 29.9. The molecule has 0 aliphatic carbocycles. The standard InChI is InChI=1S/C11H21NO11S3.K/c1-25(17,18)4-2-3-7(12-23-26(19,20)21)24-11-10(16)9(15)8(14)6(5-13)22-11;/h6,8-11,13-16H,2-5H2,1H3,(H,19,20,21);/q;+1/p-1/t6-,8-,9+,10-,11+;/m1./s1. The van der Waals surface area contributed by atoms with E-state index >= 15 is 0 Å². The van der Waals surface area contributed by atoms with Gasteiger partial charge in [0.15, 0.2) is 0 Å². The smallest absolute Gasteiger partial charge is 0.714 e. The van der Waals surface area contributed by atoms with E-state index in [0.29, 0.717) is 11.8 Å². The monoisotopic (exact) mass is 477 g/mol. The Kier molecular flexibility index (Phi) is 12.6. The van der Waals surface area contributed by atoms with E-state index in [9.17, 15) is 36.7 Å². The van der Waals surface area contributed by atoms with Crippen LogP contribution >= 0.6 is 11.8 Å². The van der Waals surface area contributed by atoms with E-state index in [2.05, 4.69) is 9.44 Å². The van der Waals surface area contributed by atoms with Crippen LogP contribution in [-0.2, 0) is 29.3 Å². The van der Waals surface area contributed by atoms with Crippen molar-refractivity contribution in [1.82, 2.24) is 0 Å². The third-order valence-electron chi connectivity index (χ3n) is 3.24. The topological polar surface area (TPSA) is 203 Å². The predicted molar refractivity (Wildman–Crippen MR) is 88.5 cm³/mol. The van der Waals surface area contributed by atoms with Gasteiger partial charge in [0.1, 0.15) is 44.7 Å². The molecule has 0 bridgehead atoms. The van der Waals surface area contributed by atoms with Gasteiger partial charge in [0, 0.05) is 12.7 Å². The third kappa shape index (κ3) is 10.6. The van der Waals surface area contributed by atoms with Crippen molar-refractivity contribution < 1.29 is 102 Å². The van der Waals surface area contributed by atoms with Crippen LogP contribution < -0.4 is 51.4 Å². The number of hydrogen-bond acceptors (Lipinski definition) is 13. The van der Waals surface area contributed by atoms with Gasteiger partial charge < -0.3 is 29.7 Å². The van der Waals surface area contributed by atoms with E-state index in [-0.39, 0.29) is 75.0 Å². The zero-order valence-corrected chi connectivity index (χ0v) is 20.1. The minimum atomic E-state index is -5.16. The van der Waals surface area contributed by atoms with Gasteiger partial charge >= 0.3 is 51.4 Å². The van der Waals surface area contributed by atoms with Crippen LogP contribution in [-0.4, -0.2) is 95.3 Å². The Morgan fingerprint density at radius 2 is 1.78 bits per heavy atom. The molecule has 0 unspecified atom stereocenters. The first-order valence-electron chi connectivity index (χ1n) is 7.20. The van der Waals surface area contributed by atoms with Gasteiger partial charge in [0.2, 0.25) is 0 Å². The average Bonchev–Trinajstić information content (AvgIpc) is 2.50. The fourth-order valence-corrected chi connectivity index (χ4v) is 4.00. The maximum Gasteiger partial charge on any atom is 1.00 e. The number of rotatable bonds is 8. The molecule has 0 radical (unpaired) electrons. The maximum absolute atomic E-state index is 11.2. The van der Waals surface area contributed by atoms with E-state index in [1.165, 1.54) is 0 Å². The van der Waals surface area contributed by atoms with Crippen LogP contribution in [0.1, 0.15) is 12.8 Å². The number of ether oxygens (including phenoxy) is 1. The SMILES string of the molecule is CS(=O)(=O)CCCC(=NOS(=O)(=O)[O-])S[C@@H]1O[C@H](CO)[C@@H](O)[C@H](O)[C@H]1O.[K+]. The molecular formula is C11H20KNO11S3. The number of aliphatic hydroxyl groups excluding tert-OH is 4. The quantitative estimate of drug-likeness (QED) is 0.0644. The summed E-state index contributed by atoms with van der Waals surface area (Å²) in [6, 6.07) is 0. The van der Waals surface area contributed by atoms with Gasteiger partial charge in [-0.15, -0.1) is 0 Å². The molecule has 1 heterocycles. The molecule has 1 saturated heterocycles. The number of sulfone groups is 1. The molecule has 12 nitrogen and oxygen atoms in total. The van der Waals surface area contributed by atoms with Gasteiger partial charge in [-0.25, -0.2) is 8.42 Å². The molecule has 27 heavy (non-hydrogen) atoms. The van der Waals surface area contributed by atoms with Crippen LogP contribution in [0, 0.1) is 0 Å². The third-order valence-corrected chi connectivity index (χ3v) is 5.70. The summed E-state index contributed by atoms with van der Waals surface area (Å²) in [4.78, 5) is 0. The van der Waals surface area contributed by atoms with E-state index in [4.69, 9.17) is 9.84 Å². The number of hydrogen-bond donors (Lipinski definition) is 4. The number of thioether (sulfide) groups is 1. The van der Waals surface area contributed by atoms with Crippen molar-refractivity contribution in [3.05, 3.63) is 0 Å². The van der Waals surface area contributed by atoms with Gasteiger partial charge in [0.05, 0.1) is 12.4 Å². The van der Waals surface area contributed by atoms with Gasteiger partial charge in [0.25, 0.3) is 10.4 Å². The van der Waals surface area contributed by atoms with Crippen molar-refractivity contribution in [3.8, 4) is 0 Å². The molecule has 4 N–H and O–H groups in total. The van der Waals surface area contributed by atoms with Crippen molar-refractivity contribution in [1.29, 1.82) is 0 Å². The van der Waals surface area contributed by atoms with Crippen LogP contribution in [0.25, 0.3) is 0 Å². The summed E-state index contributed by atoms with van der Waals surface area (Å²) in [7, 11) is -8.47. The minimum Gasteiger partial charge on any atom is -0.714 e. The van der Waals surface area contributed by atoms with Crippen LogP contribution in [0.2, 0.25) is 0 Å². The van der Waals surface area contributed by atoms with Gasteiger partial charge in [-0.05, 0) is 6.42 Å². The van der Waals surface area contributed by atoms with Crippen molar-refractivity contribution in [2.75, 3.05) is 18.6 Å². The Bertz CT molecular complexity index is 696. The zero-order chi connectivity index (χ0) is 20.1. The second-order valence-corrected chi connectivity index (χ2v) is 9.91. The molecular weight excluding hydrogens is 457 g/mol. The number of aliphatic hydroxyl groups is 4. The van der Waals surface area contributed by atoms with Crippen molar-refractivity contribution in [2.24, 2.45) is 5.16 Å². The molecule has 0 amide bonds. The van der Waals surface area contributed by atoms with Gasteiger partial charge in [-0.3, -0.25) is 4.28 Å². The molecule has 16 heteroatoms. The van der Waals surface area contributed by atoms with Gasteiger partial charge in [-0.2, -0.15) is 8.42 Å². The summed E-state index contributed by atoms with van der Waals surface area (Å²) in [5.74, 6) is -0.259. The molecule has 1 aliphatic heterocycles. The molecule has 5 atom stereocenters. The van der Waals surface area contributed by atoms with Crippen molar-refractivity contribution >= 4 is 37.0 Å². The number of nitrogens with zero attached hydrogens (tertiary/aromatic N) is 1. The molecule has 1 rings (SSSR count). The fourth-order valence-electron chi connectivity index (χ4n) is 2.00. The van der Waals surface area contributed by atoms with Gasteiger partial charge in [-0.1, -0.05) is 16.9 Å². The second kappa shape index (κ2) is 12.1. The molecule has 0 aromatic heterocycles. The first kappa shape index (κ1) is 28.1. The molecule has 0 aromatic rings. The predicted octanol–water partition coefficient (Wildman–Crippen LogP) is -5.86.